The van der Waals surface area contributed by atoms with Gasteiger partial charge in [-0.1, -0.05) is 31.4 Å². The van der Waals surface area contributed by atoms with E-state index in [9.17, 15) is 4.79 Å². The van der Waals surface area contributed by atoms with Crippen molar-refractivity contribution in [3.05, 3.63) is 28.8 Å². The summed E-state index contributed by atoms with van der Waals surface area (Å²) in [6.45, 7) is 2.83. The van der Waals surface area contributed by atoms with Crippen molar-refractivity contribution >= 4 is 23.2 Å². The summed E-state index contributed by atoms with van der Waals surface area (Å²) in [5.41, 5.74) is 6.61. The molecule has 1 aromatic rings. The van der Waals surface area contributed by atoms with E-state index in [0.717, 1.165) is 19.3 Å². The topological polar surface area (TPSA) is 55.1 Å². The minimum absolute atomic E-state index is 0.0991. The van der Waals surface area contributed by atoms with Crippen molar-refractivity contribution in [3.63, 3.8) is 0 Å². The van der Waals surface area contributed by atoms with Crippen LogP contribution in [0.4, 0.5) is 5.69 Å². The van der Waals surface area contributed by atoms with Crippen LogP contribution in [0.25, 0.3) is 0 Å². The Morgan fingerprint density at radius 2 is 2.19 bits per heavy atom. The van der Waals surface area contributed by atoms with Gasteiger partial charge in [-0.15, -0.1) is 0 Å². The SMILES string of the molecule is CCCCCNC(=O)c1ccc(N)c(Cl)c1. The molecule has 3 N–H and O–H groups in total. The first-order valence-corrected chi connectivity index (χ1v) is 5.86. The number of nitrogens with one attached hydrogen (secondary N) is 1. The summed E-state index contributed by atoms with van der Waals surface area (Å²) >= 11 is 5.84. The molecule has 0 heterocycles. The van der Waals surface area contributed by atoms with E-state index < -0.39 is 0 Å². The van der Waals surface area contributed by atoms with E-state index in [1.165, 1.54) is 0 Å². The number of halogens is 1. The predicted octanol–water partition coefficient (Wildman–Crippen LogP) is 2.84. The summed E-state index contributed by atoms with van der Waals surface area (Å²) in [5, 5.41) is 3.26. The quantitative estimate of drug-likeness (QED) is 0.614. The van der Waals surface area contributed by atoms with Gasteiger partial charge in [0.25, 0.3) is 5.91 Å². The predicted molar refractivity (Wildman–Crippen MR) is 67.7 cm³/mol. The van der Waals surface area contributed by atoms with Gasteiger partial charge >= 0.3 is 0 Å². The first-order valence-electron chi connectivity index (χ1n) is 5.48. The lowest BCUT2D eigenvalue weighted by Gasteiger charge is -2.05. The van der Waals surface area contributed by atoms with E-state index in [1.54, 1.807) is 18.2 Å². The van der Waals surface area contributed by atoms with Gasteiger partial charge in [0.2, 0.25) is 0 Å². The highest BCUT2D eigenvalue weighted by Gasteiger charge is 2.06. The van der Waals surface area contributed by atoms with E-state index in [0.29, 0.717) is 22.8 Å². The van der Waals surface area contributed by atoms with Crippen molar-refractivity contribution in [3.8, 4) is 0 Å². The zero-order valence-electron chi connectivity index (χ0n) is 9.42. The van der Waals surface area contributed by atoms with Crippen LogP contribution in [0.15, 0.2) is 18.2 Å². The zero-order valence-corrected chi connectivity index (χ0v) is 10.2. The van der Waals surface area contributed by atoms with E-state index in [1.807, 2.05) is 0 Å². The van der Waals surface area contributed by atoms with Crippen LogP contribution in [-0.4, -0.2) is 12.5 Å². The monoisotopic (exact) mass is 240 g/mol. The maximum absolute atomic E-state index is 11.7. The lowest BCUT2D eigenvalue weighted by Crippen LogP contribution is -2.24. The Morgan fingerprint density at radius 3 is 2.81 bits per heavy atom. The third-order valence-corrected chi connectivity index (χ3v) is 2.66. The molecule has 0 unspecified atom stereocenters. The van der Waals surface area contributed by atoms with E-state index >= 15 is 0 Å². The molecular formula is C12H17ClN2O. The first-order chi connectivity index (χ1) is 7.65. The molecule has 1 aromatic carbocycles. The van der Waals surface area contributed by atoms with Crippen LogP contribution in [-0.2, 0) is 0 Å². The molecule has 1 amide bonds. The van der Waals surface area contributed by atoms with E-state index in [2.05, 4.69) is 12.2 Å². The molecule has 4 heteroatoms. The Balaban J connectivity index is 2.50. The van der Waals surface area contributed by atoms with Gasteiger partial charge in [-0.05, 0) is 24.6 Å². The number of nitrogen functional groups attached to an aromatic ring is 1. The molecule has 0 spiro atoms. The Bertz CT molecular complexity index is 366. The molecule has 0 aliphatic carbocycles. The number of carbonyl (C=O) groups is 1. The molecule has 0 aliphatic heterocycles. The van der Waals surface area contributed by atoms with Gasteiger partial charge in [-0.2, -0.15) is 0 Å². The molecule has 0 radical (unpaired) electrons. The second kappa shape index (κ2) is 6.38. The molecule has 88 valence electrons. The van der Waals surface area contributed by atoms with E-state index in [-0.39, 0.29) is 5.91 Å². The summed E-state index contributed by atoms with van der Waals surface area (Å²) in [5.74, 6) is -0.0991. The van der Waals surface area contributed by atoms with Gasteiger partial charge in [0.15, 0.2) is 0 Å². The number of rotatable bonds is 5. The Kier molecular flexibility index (Phi) is 5.12. The van der Waals surface area contributed by atoms with Gasteiger partial charge in [-0.3, -0.25) is 4.79 Å². The van der Waals surface area contributed by atoms with Crippen LogP contribution in [0, 0.1) is 0 Å². The van der Waals surface area contributed by atoms with Crippen LogP contribution >= 0.6 is 11.6 Å². The van der Waals surface area contributed by atoms with Gasteiger partial charge in [0.1, 0.15) is 0 Å². The van der Waals surface area contributed by atoms with Crippen LogP contribution in [0.1, 0.15) is 36.5 Å². The molecule has 0 saturated heterocycles. The minimum Gasteiger partial charge on any atom is -0.398 e. The summed E-state index contributed by atoms with van der Waals surface area (Å²) in [6, 6.07) is 4.91. The highest BCUT2D eigenvalue weighted by atomic mass is 35.5. The molecule has 0 bridgehead atoms. The molecule has 16 heavy (non-hydrogen) atoms. The summed E-state index contributed by atoms with van der Waals surface area (Å²) in [6.07, 6.45) is 3.28. The van der Waals surface area contributed by atoms with Crippen molar-refractivity contribution in [1.29, 1.82) is 0 Å². The van der Waals surface area contributed by atoms with Gasteiger partial charge in [0, 0.05) is 12.1 Å². The third kappa shape index (κ3) is 3.74. The lowest BCUT2D eigenvalue weighted by molar-refractivity contribution is 0.0953. The van der Waals surface area contributed by atoms with E-state index in [4.69, 9.17) is 17.3 Å². The highest BCUT2D eigenvalue weighted by Crippen LogP contribution is 2.19. The summed E-state index contributed by atoms with van der Waals surface area (Å²) < 4.78 is 0. The smallest absolute Gasteiger partial charge is 0.251 e. The fraction of sp³-hybridized carbons (Fsp3) is 0.417. The van der Waals surface area contributed by atoms with Crippen molar-refractivity contribution in [2.45, 2.75) is 26.2 Å². The normalized spacial score (nSPS) is 10.1. The van der Waals surface area contributed by atoms with Gasteiger partial charge < -0.3 is 11.1 Å². The average molecular weight is 241 g/mol. The summed E-state index contributed by atoms with van der Waals surface area (Å²) in [4.78, 5) is 11.7. The van der Waals surface area contributed by atoms with Crippen molar-refractivity contribution in [2.75, 3.05) is 12.3 Å². The number of unbranched alkanes of at least 4 members (excludes halogenated alkanes) is 2. The van der Waals surface area contributed by atoms with Crippen molar-refractivity contribution < 1.29 is 4.79 Å². The fourth-order valence-electron chi connectivity index (χ4n) is 1.35. The standard InChI is InChI=1S/C12H17ClN2O/c1-2-3-4-7-15-12(16)9-5-6-11(14)10(13)8-9/h5-6,8H,2-4,7,14H2,1H3,(H,15,16). The van der Waals surface area contributed by atoms with Crippen LogP contribution in [0.5, 0.6) is 0 Å². The van der Waals surface area contributed by atoms with Crippen LogP contribution in [0.3, 0.4) is 0 Å². The third-order valence-electron chi connectivity index (χ3n) is 2.33. The van der Waals surface area contributed by atoms with Gasteiger partial charge in [0.05, 0.1) is 10.7 Å². The second-order valence-corrected chi connectivity index (χ2v) is 4.11. The minimum atomic E-state index is -0.0991. The molecule has 0 saturated carbocycles. The number of hydrogen-bond donors (Lipinski definition) is 2. The molecular weight excluding hydrogens is 224 g/mol. The number of anilines is 1. The Labute approximate surface area is 101 Å². The molecule has 0 aromatic heterocycles. The molecule has 0 fully saturated rings. The molecule has 1 rings (SSSR count). The number of nitrogens with two attached hydrogens (primary N) is 1. The average Bonchev–Trinajstić information content (AvgIpc) is 2.28. The molecule has 0 atom stereocenters. The number of benzene rings is 1. The summed E-state index contributed by atoms with van der Waals surface area (Å²) in [7, 11) is 0. The highest BCUT2D eigenvalue weighted by molar-refractivity contribution is 6.33. The number of amides is 1. The molecule has 3 nitrogen and oxygen atoms in total. The maximum atomic E-state index is 11.7. The zero-order chi connectivity index (χ0) is 12.0. The first kappa shape index (κ1) is 12.8. The lowest BCUT2D eigenvalue weighted by atomic mass is 10.2. The number of carbonyl (C=O) groups excluding carboxylic acids is 1. The maximum Gasteiger partial charge on any atom is 0.251 e. The largest absolute Gasteiger partial charge is 0.398 e. The Hall–Kier alpha value is -1.22. The Morgan fingerprint density at radius 1 is 1.44 bits per heavy atom. The van der Waals surface area contributed by atoms with Crippen LogP contribution in [0.2, 0.25) is 5.02 Å². The molecule has 0 aliphatic rings. The number of hydrogen-bond acceptors (Lipinski definition) is 2. The van der Waals surface area contributed by atoms with Crippen LogP contribution < -0.4 is 11.1 Å². The fourth-order valence-corrected chi connectivity index (χ4v) is 1.53. The van der Waals surface area contributed by atoms with Crippen molar-refractivity contribution in [1.82, 2.24) is 5.32 Å². The second-order valence-electron chi connectivity index (χ2n) is 3.70. The van der Waals surface area contributed by atoms with Gasteiger partial charge in [-0.25, -0.2) is 0 Å². The van der Waals surface area contributed by atoms with Crippen molar-refractivity contribution in [2.24, 2.45) is 0 Å².